The van der Waals surface area contributed by atoms with E-state index in [0.717, 1.165) is 24.5 Å². The summed E-state index contributed by atoms with van der Waals surface area (Å²) in [7, 11) is 0. The quantitative estimate of drug-likeness (QED) is 0.326. The molecule has 0 bridgehead atoms. The number of fused-ring (bicyclic) bond motifs is 1. The van der Waals surface area contributed by atoms with Gasteiger partial charge in [0, 0.05) is 13.0 Å². The van der Waals surface area contributed by atoms with Crippen LogP contribution in [0.1, 0.15) is 42.3 Å². The number of halogens is 3. The lowest BCUT2D eigenvalue weighted by molar-refractivity contribution is -0.137. The van der Waals surface area contributed by atoms with Gasteiger partial charge in [-0.05, 0) is 54.2 Å². The first-order valence-corrected chi connectivity index (χ1v) is 11.3. The Hall–Kier alpha value is -3.61. The van der Waals surface area contributed by atoms with Crippen LogP contribution in [0, 0.1) is 0 Å². The van der Waals surface area contributed by atoms with Gasteiger partial charge in [0.25, 0.3) is 0 Å². The Balaban J connectivity index is 1.39. The normalized spacial score (nSPS) is 16.3. The van der Waals surface area contributed by atoms with Gasteiger partial charge in [0.15, 0.2) is 5.58 Å². The van der Waals surface area contributed by atoms with Crippen LogP contribution in [0.3, 0.4) is 0 Å². The SMILES string of the molecule is O=C(CCc1ccccc1)N1CCCC1c1nc2cc(-c3ccccc3C(F)(F)F)ccc2o1. The lowest BCUT2D eigenvalue weighted by Gasteiger charge is -2.22. The number of aryl methyl sites for hydroxylation is 1. The highest BCUT2D eigenvalue weighted by Gasteiger charge is 2.34. The smallest absolute Gasteiger partial charge is 0.417 e. The summed E-state index contributed by atoms with van der Waals surface area (Å²) < 4.78 is 46.4. The number of carbonyl (C=O) groups excluding carboxylic acids is 1. The zero-order chi connectivity index (χ0) is 23.7. The van der Waals surface area contributed by atoms with Crippen molar-refractivity contribution in [1.82, 2.24) is 9.88 Å². The van der Waals surface area contributed by atoms with Crippen molar-refractivity contribution in [3.8, 4) is 11.1 Å². The molecule has 174 valence electrons. The number of aromatic nitrogens is 1. The van der Waals surface area contributed by atoms with E-state index in [2.05, 4.69) is 4.98 Å². The van der Waals surface area contributed by atoms with Crippen LogP contribution in [0.2, 0.25) is 0 Å². The van der Waals surface area contributed by atoms with E-state index < -0.39 is 11.7 Å². The Labute approximate surface area is 195 Å². The summed E-state index contributed by atoms with van der Waals surface area (Å²) in [6.07, 6.45) is -1.79. The number of rotatable bonds is 5. The van der Waals surface area contributed by atoms with Gasteiger partial charge in [-0.3, -0.25) is 4.79 Å². The maximum Gasteiger partial charge on any atom is 0.417 e. The van der Waals surface area contributed by atoms with Gasteiger partial charge in [-0.2, -0.15) is 13.2 Å². The summed E-state index contributed by atoms with van der Waals surface area (Å²) in [5.74, 6) is 0.482. The van der Waals surface area contributed by atoms with Crippen molar-refractivity contribution in [3.05, 3.63) is 89.8 Å². The van der Waals surface area contributed by atoms with E-state index in [9.17, 15) is 18.0 Å². The molecule has 1 atom stereocenters. The fraction of sp³-hybridized carbons (Fsp3) is 0.259. The number of carbonyl (C=O) groups is 1. The zero-order valence-electron chi connectivity index (χ0n) is 18.4. The highest BCUT2D eigenvalue weighted by atomic mass is 19.4. The molecule has 1 unspecified atom stereocenters. The number of likely N-dealkylation sites (tertiary alicyclic amines) is 1. The third-order valence-corrected chi connectivity index (χ3v) is 6.28. The van der Waals surface area contributed by atoms with Crippen molar-refractivity contribution in [3.63, 3.8) is 0 Å². The Bertz CT molecular complexity index is 1310. The topological polar surface area (TPSA) is 46.3 Å². The summed E-state index contributed by atoms with van der Waals surface area (Å²) in [4.78, 5) is 19.3. The first-order chi connectivity index (χ1) is 16.4. The molecule has 0 radical (unpaired) electrons. The molecule has 1 fully saturated rings. The van der Waals surface area contributed by atoms with Crippen LogP contribution in [-0.2, 0) is 17.4 Å². The van der Waals surface area contributed by atoms with Gasteiger partial charge in [0.2, 0.25) is 11.8 Å². The Kier molecular flexibility index (Phi) is 5.86. The van der Waals surface area contributed by atoms with Crippen LogP contribution in [0.15, 0.2) is 77.2 Å². The van der Waals surface area contributed by atoms with E-state index in [4.69, 9.17) is 4.42 Å². The Morgan fingerprint density at radius 1 is 1.03 bits per heavy atom. The van der Waals surface area contributed by atoms with Crippen LogP contribution >= 0.6 is 0 Å². The van der Waals surface area contributed by atoms with Gasteiger partial charge in [-0.25, -0.2) is 4.98 Å². The minimum atomic E-state index is -4.45. The molecule has 0 N–H and O–H groups in total. The van der Waals surface area contributed by atoms with Gasteiger partial charge in [0.05, 0.1) is 5.56 Å². The van der Waals surface area contributed by atoms with E-state index in [0.29, 0.717) is 41.9 Å². The highest BCUT2D eigenvalue weighted by Crippen LogP contribution is 2.39. The van der Waals surface area contributed by atoms with Crippen LogP contribution in [0.25, 0.3) is 22.2 Å². The zero-order valence-corrected chi connectivity index (χ0v) is 18.4. The lowest BCUT2D eigenvalue weighted by Crippen LogP contribution is -2.30. The molecule has 34 heavy (non-hydrogen) atoms. The molecule has 5 rings (SSSR count). The predicted molar refractivity (Wildman–Crippen MR) is 123 cm³/mol. The number of amides is 1. The fourth-order valence-electron chi connectivity index (χ4n) is 4.60. The van der Waals surface area contributed by atoms with Crippen molar-refractivity contribution in [2.75, 3.05) is 6.54 Å². The predicted octanol–water partition coefficient (Wildman–Crippen LogP) is 6.81. The summed E-state index contributed by atoms with van der Waals surface area (Å²) in [5, 5.41) is 0. The van der Waals surface area contributed by atoms with Crippen molar-refractivity contribution in [2.24, 2.45) is 0 Å². The summed E-state index contributed by atoms with van der Waals surface area (Å²) in [6.45, 7) is 0.640. The van der Waals surface area contributed by atoms with Crippen LogP contribution in [0.4, 0.5) is 13.2 Å². The summed E-state index contributed by atoms with van der Waals surface area (Å²) in [5.41, 5.74) is 1.91. The molecule has 1 amide bonds. The summed E-state index contributed by atoms with van der Waals surface area (Å²) in [6, 6.07) is 20.0. The molecule has 1 aromatic heterocycles. The first-order valence-electron chi connectivity index (χ1n) is 11.3. The molecule has 3 aromatic carbocycles. The largest absolute Gasteiger partial charge is 0.438 e. The second-order valence-corrected chi connectivity index (χ2v) is 8.51. The molecule has 1 aliphatic rings. The van der Waals surface area contributed by atoms with Crippen LogP contribution in [-0.4, -0.2) is 22.3 Å². The van der Waals surface area contributed by atoms with Crippen molar-refractivity contribution < 1.29 is 22.4 Å². The maximum atomic E-state index is 13.5. The van der Waals surface area contributed by atoms with Gasteiger partial charge >= 0.3 is 6.18 Å². The molecule has 2 heterocycles. The van der Waals surface area contributed by atoms with Crippen LogP contribution in [0.5, 0.6) is 0 Å². The first kappa shape index (κ1) is 22.2. The second kappa shape index (κ2) is 8.97. The maximum absolute atomic E-state index is 13.5. The van der Waals surface area contributed by atoms with Gasteiger partial charge < -0.3 is 9.32 Å². The van der Waals surface area contributed by atoms with E-state index in [1.54, 1.807) is 24.3 Å². The number of hydrogen-bond donors (Lipinski definition) is 0. The van der Waals surface area contributed by atoms with Gasteiger partial charge in [0.1, 0.15) is 11.6 Å². The highest BCUT2D eigenvalue weighted by molar-refractivity contribution is 5.82. The summed E-state index contributed by atoms with van der Waals surface area (Å²) >= 11 is 0. The Morgan fingerprint density at radius 3 is 2.59 bits per heavy atom. The van der Waals surface area contributed by atoms with Crippen molar-refractivity contribution >= 4 is 17.0 Å². The van der Waals surface area contributed by atoms with E-state index in [-0.39, 0.29) is 17.5 Å². The second-order valence-electron chi connectivity index (χ2n) is 8.51. The molecule has 0 saturated carbocycles. The fourth-order valence-corrected chi connectivity index (χ4v) is 4.60. The van der Waals surface area contributed by atoms with Crippen LogP contribution < -0.4 is 0 Å². The third kappa shape index (κ3) is 4.42. The molecule has 0 spiro atoms. The molecule has 1 aliphatic heterocycles. The van der Waals surface area contributed by atoms with E-state index >= 15 is 0 Å². The number of oxazole rings is 1. The molecular weight excluding hydrogens is 441 g/mol. The minimum absolute atomic E-state index is 0.0494. The third-order valence-electron chi connectivity index (χ3n) is 6.28. The average Bonchev–Trinajstić information content (AvgIpc) is 3.49. The lowest BCUT2D eigenvalue weighted by atomic mass is 9.99. The van der Waals surface area contributed by atoms with Crippen molar-refractivity contribution in [2.45, 2.75) is 37.9 Å². The molecule has 0 aliphatic carbocycles. The van der Waals surface area contributed by atoms with E-state index in [1.807, 2.05) is 35.2 Å². The van der Waals surface area contributed by atoms with Gasteiger partial charge in [-0.15, -0.1) is 0 Å². The standard InChI is InChI=1S/C27H23F3N2O2/c28-27(29,30)21-10-5-4-9-20(21)19-13-14-24-22(17-19)31-26(34-24)23-11-6-16-32(23)25(33)15-12-18-7-2-1-3-8-18/h1-5,7-10,13-14,17,23H,6,11-12,15-16H2. The minimum Gasteiger partial charge on any atom is -0.438 e. The molecule has 4 aromatic rings. The molecule has 7 heteroatoms. The van der Waals surface area contributed by atoms with Gasteiger partial charge in [-0.1, -0.05) is 54.6 Å². The Morgan fingerprint density at radius 2 is 1.79 bits per heavy atom. The molecule has 1 saturated heterocycles. The van der Waals surface area contributed by atoms with Crippen molar-refractivity contribution in [1.29, 1.82) is 0 Å². The number of hydrogen-bond acceptors (Lipinski definition) is 3. The number of nitrogens with zero attached hydrogens (tertiary/aromatic N) is 2. The monoisotopic (exact) mass is 464 g/mol. The average molecular weight is 464 g/mol. The number of benzene rings is 3. The van der Waals surface area contributed by atoms with E-state index in [1.165, 1.54) is 12.1 Å². The molecule has 4 nitrogen and oxygen atoms in total. The number of alkyl halides is 3. The molecular formula is C27H23F3N2O2.